The maximum atomic E-state index is 11.9. The highest BCUT2D eigenvalue weighted by Crippen LogP contribution is 2.17. The van der Waals surface area contributed by atoms with Crippen LogP contribution in [0.2, 0.25) is 0 Å². The Labute approximate surface area is 118 Å². The zero-order valence-electron chi connectivity index (χ0n) is 10.3. The number of hydrogen-bond acceptors (Lipinski definition) is 7. The van der Waals surface area contributed by atoms with Gasteiger partial charge in [-0.2, -0.15) is 0 Å². The fourth-order valence-electron chi connectivity index (χ4n) is 1.34. The molecule has 2 heterocycles. The Balaban J connectivity index is 2.01. The van der Waals surface area contributed by atoms with Crippen molar-refractivity contribution in [2.75, 3.05) is 0 Å². The van der Waals surface area contributed by atoms with E-state index in [2.05, 4.69) is 20.0 Å². The molecule has 20 heavy (non-hydrogen) atoms. The van der Waals surface area contributed by atoms with E-state index in [9.17, 15) is 13.2 Å². The summed E-state index contributed by atoms with van der Waals surface area (Å²) < 4.78 is 27.4. The van der Waals surface area contributed by atoms with Crippen molar-refractivity contribution in [1.29, 1.82) is 0 Å². The second-order valence-corrected chi connectivity index (χ2v) is 7.05. The second-order valence-electron chi connectivity index (χ2n) is 3.82. The molecule has 0 aliphatic rings. The van der Waals surface area contributed by atoms with Crippen LogP contribution in [0.1, 0.15) is 10.7 Å². The van der Waals surface area contributed by atoms with Crippen LogP contribution in [-0.4, -0.2) is 39.5 Å². The van der Waals surface area contributed by atoms with E-state index in [4.69, 9.17) is 5.11 Å². The number of carboxylic acid groups (broad SMARTS) is 1. The van der Waals surface area contributed by atoms with E-state index >= 15 is 0 Å². The summed E-state index contributed by atoms with van der Waals surface area (Å²) >= 11 is 1.06. The number of hydrogen-bond donors (Lipinski definition) is 2. The van der Waals surface area contributed by atoms with Crippen molar-refractivity contribution in [3.8, 4) is 0 Å². The summed E-state index contributed by atoms with van der Waals surface area (Å²) in [4.78, 5) is 14.4. The molecule has 0 amide bonds. The molecule has 9 nitrogen and oxygen atoms in total. The van der Waals surface area contributed by atoms with Gasteiger partial charge < -0.3 is 5.11 Å². The van der Waals surface area contributed by atoms with Gasteiger partial charge in [0.25, 0.3) is 10.0 Å². The molecule has 108 valence electrons. The molecule has 0 bridgehead atoms. The average Bonchev–Trinajstić information content (AvgIpc) is 2.95. The number of aromatic nitrogens is 4. The molecule has 2 rings (SSSR count). The first-order valence-electron chi connectivity index (χ1n) is 5.40. The molecular weight excluding hydrogens is 306 g/mol. The Bertz CT molecular complexity index is 720. The monoisotopic (exact) mass is 317 g/mol. The minimum Gasteiger partial charge on any atom is -0.480 e. The predicted octanol–water partition coefficient (Wildman–Crippen LogP) is -0.394. The van der Waals surface area contributed by atoms with Crippen LogP contribution < -0.4 is 4.72 Å². The van der Waals surface area contributed by atoms with E-state index in [-0.39, 0.29) is 17.3 Å². The van der Waals surface area contributed by atoms with Crippen molar-refractivity contribution >= 4 is 27.3 Å². The molecule has 0 spiro atoms. The van der Waals surface area contributed by atoms with Crippen molar-refractivity contribution in [2.45, 2.75) is 24.2 Å². The molecule has 11 heteroatoms. The largest absolute Gasteiger partial charge is 0.480 e. The van der Waals surface area contributed by atoms with E-state index in [0.717, 1.165) is 16.0 Å². The number of aliphatic carboxylic acids is 1. The first kappa shape index (κ1) is 14.6. The van der Waals surface area contributed by atoms with Crippen LogP contribution in [0.3, 0.4) is 0 Å². The zero-order chi connectivity index (χ0) is 14.8. The number of carboxylic acids is 1. The maximum absolute atomic E-state index is 11.9. The van der Waals surface area contributed by atoms with Gasteiger partial charge in [-0.15, -0.1) is 16.4 Å². The Hall–Kier alpha value is -1.85. The summed E-state index contributed by atoms with van der Waals surface area (Å²) in [6, 6.07) is 0. The molecule has 0 saturated carbocycles. The minimum atomic E-state index is -3.64. The molecule has 0 saturated heterocycles. The lowest BCUT2D eigenvalue weighted by atomic mass is 10.5. The number of aryl methyl sites for hydroxylation is 1. The van der Waals surface area contributed by atoms with Crippen LogP contribution in [0.4, 0.5) is 0 Å². The highest BCUT2D eigenvalue weighted by atomic mass is 32.2. The fraction of sp³-hybridized carbons (Fsp3) is 0.333. The lowest BCUT2D eigenvalue weighted by Crippen LogP contribution is -2.22. The van der Waals surface area contributed by atoms with E-state index in [0.29, 0.717) is 10.7 Å². The smallest absolute Gasteiger partial charge is 0.325 e. The fourth-order valence-corrected chi connectivity index (χ4v) is 3.49. The minimum absolute atomic E-state index is 0.0705. The lowest BCUT2D eigenvalue weighted by Gasteiger charge is -2.01. The molecule has 0 aliphatic carbocycles. The highest BCUT2D eigenvalue weighted by molar-refractivity contribution is 7.91. The van der Waals surface area contributed by atoms with Gasteiger partial charge in [-0.05, 0) is 6.92 Å². The van der Waals surface area contributed by atoms with E-state index < -0.39 is 16.0 Å². The normalized spacial score (nSPS) is 11.7. The summed E-state index contributed by atoms with van der Waals surface area (Å²) in [6.07, 6.45) is 2.65. The number of carbonyl (C=O) groups is 1. The number of nitrogens with zero attached hydrogens (tertiary/aromatic N) is 4. The van der Waals surface area contributed by atoms with Gasteiger partial charge in [0, 0.05) is 0 Å². The molecular formula is C9H11N5O4S2. The summed E-state index contributed by atoms with van der Waals surface area (Å²) in [6.45, 7) is 1.31. The van der Waals surface area contributed by atoms with Gasteiger partial charge in [0.05, 0.1) is 29.6 Å². The maximum Gasteiger partial charge on any atom is 0.325 e. The molecule has 2 aromatic rings. The van der Waals surface area contributed by atoms with Gasteiger partial charge in [0.1, 0.15) is 6.54 Å². The van der Waals surface area contributed by atoms with Gasteiger partial charge in [0.15, 0.2) is 4.21 Å². The van der Waals surface area contributed by atoms with Gasteiger partial charge in [-0.1, -0.05) is 5.21 Å². The molecule has 0 atom stereocenters. The average molecular weight is 317 g/mol. The van der Waals surface area contributed by atoms with Crippen LogP contribution in [0.15, 0.2) is 16.6 Å². The standard InChI is InChI=1S/C9H11N5O4S2/c1-6-10-3-9(19-6)20(17,18)11-2-7-4-14(13-12-7)5-8(15)16/h3-4,11H,2,5H2,1H3,(H,15,16). The Morgan fingerprint density at radius 2 is 2.30 bits per heavy atom. The van der Waals surface area contributed by atoms with E-state index in [1.807, 2.05) is 0 Å². The second kappa shape index (κ2) is 5.64. The third kappa shape index (κ3) is 3.59. The van der Waals surface area contributed by atoms with Crippen molar-refractivity contribution in [2.24, 2.45) is 0 Å². The number of rotatable bonds is 6. The van der Waals surface area contributed by atoms with E-state index in [1.54, 1.807) is 6.92 Å². The van der Waals surface area contributed by atoms with Crippen LogP contribution in [-0.2, 0) is 27.9 Å². The molecule has 0 fully saturated rings. The summed E-state index contributed by atoms with van der Waals surface area (Å²) in [5.74, 6) is -1.05. The Morgan fingerprint density at radius 3 is 2.90 bits per heavy atom. The van der Waals surface area contributed by atoms with Gasteiger partial charge in [-0.25, -0.2) is 22.8 Å². The molecule has 0 unspecified atom stereocenters. The zero-order valence-corrected chi connectivity index (χ0v) is 12.0. The summed E-state index contributed by atoms with van der Waals surface area (Å²) in [7, 11) is -3.64. The van der Waals surface area contributed by atoms with Crippen molar-refractivity contribution < 1.29 is 18.3 Å². The van der Waals surface area contributed by atoms with Crippen molar-refractivity contribution in [3.63, 3.8) is 0 Å². The van der Waals surface area contributed by atoms with E-state index in [1.165, 1.54) is 12.4 Å². The quantitative estimate of drug-likeness (QED) is 0.742. The third-order valence-corrected chi connectivity index (χ3v) is 4.97. The molecule has 2 N–H and O–H groups in total. The number of thiazole rings is 1. The summed E-state index contributed by atoms with van der Waals surface area (Å²) in [5.41, 5.74) is 0.330. The highest BCUT2D eigenvalue weighted by Gasteiger charge is 2.17. The first-order valence-corrected chi connectivity index (χ1v) is 7.70. The SMILES string of the molecule is Cc1ncc(S(=O)(=O)NCc2cn(CC(=O)O)nn2)s1. The first-order chi connectivity index (χ1) is 9.37. The third-order valence-electron chi connectivity index (χ3n) is 2.19. The van der Waals surface area contributed by atoms with Crippen LogP contribution in [0, 0.1) is 6.92 Å². The number of nitrogens with one attached hydrogen (secondary N) is 1. The van der Waals surface area contributed by atoms with Gasteiger partial charge >= 0.3 is 5.97 Å². The predicted molar refractivity (Wildman–Crippen MR) is 68.5 cm³/mol. The molecule has 2 aromatic heterocycles. The Morgan fingerprint density at radius 1 is 1.55 bits per heavy atom. The van der Waals surface area contributed by atoms with Crippen molar-refractivity contribution in [3.05, 3.63) is 23.1 Å². The molecule has 0 aromatic carbocycles. The Kier molecular flexibility index (Phi) is 4.11. The van der Waals surface area contributed by atoms with Crippen LogP contribution >= 0.6 is 11.3 Å². The summed E-state index contributed by atoms with van der Waals surface area (Å²) in [5, 5.41) is 16.5. The number of sulfonamides is 1. The van der Waals surface area contributed by atoms with Crippen molar-refractivity contribution in [1.82, 2.24) is 24.7 Å². The van der Waals surface area contributed by atoms with Crippen LogP contribution in [0.5, 0.6) is 0 Å². The topological polar surface area (TPSA) is 127 Å². The molecule has 0 aliphatic heterocycles. The van der Waals surface area contributed by atoms with Crippen LogP contribution in [0.25, 0.3) is 0 Å². The van der Waals surface area contributed by atoms with Gasteiger partial charge in [-0.3, -0.25) is 4.79 Å². The lowest BCUT2D eigenvalue weighted by molar-refractivity contribution is -0.137. The van der Waals surface area contributed by atoms with Gasteiger partial charge in [0.2, 0.25) is 0 Å². The molecule has 0 radical (unpaired) electrons.